The molecule has 1 aromatic heterocycles. The summed E-state index contributed by atoms with van der Waals surface area (Å²) in [5.74, 6) is 0.806. The van der Waals surface area contributed by atoms with Crippen molar-refractivity contribution in [3.63, 3.8) is 0 Å². The highest BCUT2D eigenvalue weighted by Gasteiger charge is 2.10. The molecule has 0 atom stereocenters. The average molecular weight is 188 g/mol. The standard InChI is InChI=1S/C10H12N4/c1-7-4-3-5-8(11)9(7)10-12-6-13-14(10)2/h3-6H,11H2,1-2H3. The number of hydrogen-bond donors (Lipinski definition) is 1. The van der Waals surface area contributed by atoms with E-state index in [1.807, 2.05) is 32.2 Å². The largest absolute Gasteiger partial charge is 0.398 e. The van der Waals surface area contributed by atoms with Crippen LogP contribution in [0.2, 0.25) is 0 Å². The molecule has 2 N–H and O–H groups in total. The topological polar surface area (TPSA) is 56.7 Å². The molecule has 0 radical (unpaired) electrons. The molecule has 0 amide bonds. The average Bonchev–Trinajstić information content (AvgIpc) is 2.52. The highest BCUT2D eigenvalue weighted by atomic mass is 15.3. The van der Waals surface area contributed by atoms with Gasteiger partial charge in [-0.3, -0.25) is 0 Å². The summed E-state index contributed by atoms with van der Waals surface area (Å²) in [6, 6.07) is 5.82. The molecule has 0 saturated carbocycles. The number of aromatic nitrogens is 3. The summed E-state index contributed by atoms with van der Waals surface area (Å²) >= 11 is 0. The van der Waals surface area contributed by atoms with Crippen LogP contribution < -0.4 is 5.73 Å². The smallest absolute Gasteiger partial charge is 0.160 e. The van der Waals surface area contributed by atoms with Crippen LogP contribution in [0.3, 0.4) is 0 Å². The predicted octanol–water partition coefficient (Wildman–Crippen LogP) is 1.37. The van der Waals surface area contributed by atoms with Gasteiger partial charge in [0.1, 0.15) is 6.33 Å². The second kappa shape index (κ2) is 3.14. The van der Waals surface area contributed by atoms with Gasteiger partial charge >= 0.3 is 0 Å². The highest BCUT2D eigenvalue weighted by Crippen LogP contribution is 2.26. The first-order chi connectivity index (χ1) is 6.70. The summed E-state index contributed by atoms with van der Waals surface area (Å²) < 4.78 is 1.72. The summed E-state index contributed by atoms with van der Waals surface area (Å²) in [6.45, 7) is 2.01. The summed E-state index contributed by atoms with van der Waals surface area (Å²) in [4.78, 5) is 4.18. The maximum Gasteiger partial charge on any atom is 0.160 e. The van der Waals surface area contributed by atoms with Crippen molar-refractivity contribution < 1.29 is 0 Å². The molecule has 4 nitrogen and oxygen atoms in total. The zero-order valence-electron chi connectivity index (χ0n) is 8.23. The Bertz CT molecular complexity index is 439. The van der Waals surface area contributed by atoms with Crippen LogP contribution in [0.15, 0.2) is 24.5 Å². The van der Waals surface area contributed by atoms with E-state index in [2.05, 4.69) is 10.1 Å². The van der Waals surface area contributed by atoms with E-state index < -0.39 is 0 Å². The van der Waals surface area contributed by atoms with Crippen molar-refractivity contribution in [2.75, 3.05) is 5.73 Å². The second-order valence-corrected chi connectivity index (χ2v) is 3.25. The van der Waals surface area contributed by atoms with Gasteiger partial charge in [-0.25, -0.2) is 9.67 Å². The minimum Gasteiger partial charge on any atom is -0.398 e. The van der Waals surface area contributed by atoms with Gasteiger partial charge in [-0.2, -0.15) is 5.10 Å². The van der Waals surface area contributed by atoms with E-state index >= 15 is 0 Å². The Labute approximate surface area is 82.4 Å². The molecule has 4 heteroatoms. The van der Waals surface area contributed by atoms with Crippen molar-refractivity contribution in [1.29, 1.82) is 0 Å². The number of hydrogen-bond acceptors (Lipinski definition) is 3. The van der Waals surface area contributed by atoms with Crippen molar-refractivity contribution in [2.24, 2.45) is 7.05 Å². The Morgan fingerprint density at radius 3 is 2.71 bits per heavy atom. The van der Waals surface area contributed by atoms with Crippen LogP contribution in [0.4, 0.5) is 5.69 Å². The van der Waals surface area contributed by atoms with Gasteiger partial charge in [-0.05, 0) is 18.6 Å². The van der Waals surface area contributed by atoms with Gasteiger partial charge in [0.15, 0.2) is 5.82 Å². The molecule has 0 spiro atoms. The minimum absolute atomic E-state index is 0.737. The van der Waals surface area contributed by atoms with Crippen LogP contribution in [-0.2, 0) is 7.05 Å². The SMILES string of the molecule is Cc1cccc(N)c1-c1ncnn1C. The fourth-order valence-electron chi connectivity index (χ4n) is 1.52. The zero-order valence-corrected chi connectivity index (χ0v) is 8.23. The van der Waals surface area contributed by atoms with E-state index in [0.29, 0.717) is 0 Å². The van der Waals surface area contributed by atoms with Gasteiger partial charge in [-0.1, -0.05) is 12.1 Å². The van der Waals surface area contributed by atoms with Gasteiger partial charge < -0.3 is 5.73 Å². The number of nitrogens with two attached hydrogens (primary N) is 1. The molecule has 2 aromatic rings. The number of aryl methyl sites for hydroxylation is 2. The zero-order chi connectivity index (χ0) is 10.1. The Balaban J connectivity index is 2.68. The van der Waals surface area contributed by atoms with E-state index in [9.17, 15) is 0 Å². The maximum atomic E-state index is 5.90. The Morgan fingerprint density at radius 2 is 2.14 bits per heavy atom. The summed E-state index contributed by atoms with van der Waals surface area (Å²) in [5.41, 5.74) is 8.71. The number of rotatable bonds is 1. The molecule has 1 heterocycles. The molecule has 0 aliphatic rings. The van der Waals surface area contributed by atoms with Crippen LogP contribution >= 0.6 is 0 Å². The normalized spacial score (nSPS) is 10.4. The first-order valence-corrected chi connectivity index (χ1v) is 4.39. The molecule has 0 unspecified atom stereocenters. The van der Waals surface area contributed by atoms with E-state index in [1.165, 1.54) is 6.33 Å². The van der Waals surface area contributed by atoms with Crippen LogP contribution in [0, 0.1) is 6.92 Å². The monoisotopic (exact) mass is 188 g/mol. The van der Waals surface area contributed by atoms with Crippen LogP contribution in [0.1, 0.15) is 5.56 Å². The second-order valence-electron chi connectivity index (χ2n) is 3.25. The first kappa shape index (κ1) is 8.74. The van der Waals surface area contributed by atoms with E-state index in [0.717, 1.165) is 22.6 Å². The van der Waals surface area contributed by atoms with Gasteiger partial charge in [0.2, 0.25) is 0 Å². The fraction of sp³-hybridized carbons (Fsp3) is 0.200. The molecule has 72 valence electrons. The molecule has 0 saturated heterocycles. The van der Waals surface area contributed by atoms with Gasteiger partial charge in [-0.15, -0.1) is 0 Å². The molecule has 1 aromatic carbocycles. The number of anilines is 1. The number of nitrogens with zero attached hydrogens (tertiary/aromatic N) is 3. The van der Waals surface area contributed by atoms with E-state index in [1.54, 1.807) is 4.68 Å². The Hall–Kier alpha value is -1.84. The van der Waals surface area contributed by atoms with Crippen LogP contribution in [0.25, 0.3) is 11.4 Å². The van der Waals surface area contributed by atoms with Crippen molar-refractivity contribution in [1.82, 2.24) is 14.8 Å². The third-order valence-electron chi connectivity index (χ3n) is 2.24. The number of nitrogen functional groups attached to an aromatic ring is 1. The van der Waals surface area contributed by atoms with Crippen molar-refractivity contribution in [3.8, 4) is 11.4 Å². The third-order valence-corrected chi connectivity index (χ3v) is 2.24. The molecule has 14 heavy (non-hydrogen) atoms. The predicted molar refractivity (Wildman–Crippen MR) is 55.6 cm³/mol. The molecule has 0 fully saturated rings. The van der Waals surface area contributed by atoms with Crippen molar-refractivity contribution in [2.45, 2.75) is 6.92 Å². The van der Waals surface area contributed by atoms with Gasteiger partial charge in [0.25, 0.3) is 0 Å². The Morgan fingerprint density at radius 1 is 1.36 bits per heavy atom. The quantitative estimate of drug-likeness (QED) is 0.688. The van der Waals surface area contributed by atoms with Gasteiger partial charge in [0, 0.05) is 18.3 Å². The van der Waals surface area contributed by atoms with Crippen LogP contribution in [-0.4, -0.2) is 14.8 Å². The minimum atomic E-state index is 0.737. The lowest BCUT2D eigenvalue weighted by Gasteiger charge is -2.07. The molecule has 0 aliphatic carbocycles. The Kier molecular flexibility index (Phi) is 1.96. The molecular weight excluding hydrogens is 176 g/mol. The van der Waals surface area contributed by atoms with Crippen LogP contribution in [0.5, 0.6) is 0 Å². The highest BCUT2D eigenvalue weighted by molar-refractivity contribution is 5.74. The molecule has 2 rings (SSSR count). The van der Waals surface area contributed by atoms with E-state index in [-0.39, 0.29) is 0 Å². The first-order valence-electron chi connectivity index (χ1n) is 4.39. The lowest BCUT2D eigenvalue weighted by atomic mass is 10.1. The fourth-order valence-corrected chi connectivity index (χ4v) is 1.52. The number of benzene rings is 1. The van der Waals surface area contributed by atoms with Crippen molar-refractivity contribution in [3.05, 3.63) is 30.1 Å². The molecule has 0 bridgehead atoms. The van der Waals surface area contributed by atoms with E-state index in [4.69, 9.17) is 5.73 Å². The molecular formula is C10H12N4. The lowest BCUT2D eigenvalue weighted by molar-refractivity contribution is 0.774. The summed E-state index contributed by atoms with van der Waals surface area (Å²) in [7, 11) is 1.86. The summed E-state index contributed by atoms with van der Waals surface area (Å²) in [6.07, 6.45) is 1.53. The van der Waals surface area contributed by atoms with Crippen molar-refractivity contribution >= 4 is 5.69 Å². The molecule has 0 aliphatic heterocycles. The third kappa shape index (κ3) is 1.25. The van der Waals surface area contributed by atoms with Gasteiger partial charge in [0.05, 0.1) is 0 Å². The maximum absolute atomic E-state index is 5.90. The summed E-state index contributed by atoms with van der Waals surface area (Å²) in [5, 5.41) is 4.03. The lowest BCUT2D eigenvalue weighted by Crippen LogP contribution is -1.99.